The first-order valence-corrected chi connectivity index (χ1v) is 4.96. The maximum atomic E-state index is 9.96. The summed E-state index contributed by atoms with van der Waals surface area (Å²) in [6, 6.07) is 0. The maximum Gasteiger partial charge on any atom is 0.0882 e. The van der Waals surface area contributed by atoms with E-state index in [1.807, 2.05) is 0 Å². The van der Waals surface area contributed by atoms with E-state index in [9.17, 15) is 5.11 Å². The maximum absolute atomic E-state index is 9.96. The second-order valence-corrected chi connectivity index (χ2v) is 4.12. The zero-order chi connectivity index (χ0) is 9.03. The lowest BCUT2D eigenvalue weighted by Gasteiger charge is -2.21. The molecule has 0 aliphatic heterocycles. The normalized spacial score (nSPS) is 35.8. The molecule has 0 aromatic carbocycles. The van der Waals surface area contributed by atoms with Crippen molar-refractivity contribution in [2.24, 2.45) is 5.92 Å². The molecule has 1 fully saturated rings. The number of ether oxygens (including phenoxy) is 1. The summed E-state index contributed by atoms with van der Waals surface area (Å²) < 4.78 is 5.37. The molecule has 2 unspecified atom stereocenters. The van der Waals surface area contributed by atoms with Gasteiger partial charge in [0.2, 0.25) is 0 Å². The molecule has 0 spiro atoms. The predicted octanol–water partition coefficient (Wildman–Crippen LogP) is 1.96. The van der Waals surface area contributed by atoms with Gasteiger partial charge in [-0.3, -0.25) is 0 Å². The Kier molecular flexibility index (Phi) is 3.53. The Morgan fingerprint density at radius 3 is 2.83 bits per heavy atom. The number of hydrogen-bond donors (Lipinski definition) is 1. The van der Waals surface area contributed by atoms with Gasteiger partial charge in [0, 0.05) is 6.61 Å². The van der Waals surface area contributed by atoms with Crippen molar-refractivity contribution in [1.29, 1.82) is 0 Å². The van der Waals surface area contributed by atoms with Crippen LogP contribution in [0.2, 0.25) is 0 Å². The van der Waals surface area contributed by atoms with E-state index >= 15 is 0 Å². The van der Waals surface area contributed by atoms with Crippen molar-refractivity contribution in [3.05, 3.63) is 0 Å². The average Bonchev–Trinajstić information content (AvgIpc) is 2.32. The van der Waals surface area contributed by atoms with Crippen LogP contribution in [-0.4, -0.2) is 23.9 Å². The minimum Gasteiger partial charge on any atom is -0.387 e. The lowest BCUT2D eigenvalue weighted by molar-refractivity contribution is -0.0431. The molecule has 1 aliphatic carbocycles. The van der Waals surface area contributed by atoms with E-state index < -0.39 is 5.60 Å². The van der Waals surface area contributed by atoms with Crippen LogP contribution in [0.3, 0.4) is 0 Å². The van der Waals surface area contributed by atoms with E-state index in [0.29, 0.717) is 12.5 Å². The highest BCUT2D eigenvalue weighted by molar-refractivity contribution is 4.87. The van der Waals surface area contributed by atoms with Crippen molar-refractivity contribution in [2.75, 3.05) is 13.2 Å². The lowest BCUT2D eigenvalue weighted by atomic mass is 10.0. The van der Waals surface area contributed by atoms with E-state index in [-0.39, 0.29) is 0 Å². The van der Waals surface area contributed by atoms with E-state index in [1.165, 1.54) is 0 Å². The van der Waals surface area contributed by atoms with Crippen LogP contribution < -0.4 is 0 Å². The fraction of sp³-hybridized carbons (Fsp3) is 1.00. The molecule has 1 rings (SSSR count). The molecule has 2 nitrogen and oxygen atoms in total. The van der Waals surface area contributed by atoms with Crippen molar-refractivity contribution in [2.45, 2.75) is 45.1 Å². The summed E-state index contributed by atoms with van der Waals surface area (Å²) in [7, 11) is 0. The minimum atomic E-state index is -0.505. The quantitative estimate of drug-likeness (QED) is 0.657. The highest BCUT2D eigenvalue weighted by atomic mass is 16.5. The van der Waals surface area contributed by atoms with Crippen molar-refractivity contribution in [3.63, 3.8) is 0 Å². The summed E-state index contributed by atoms with van der Waals surface area (Å²) in [5.41, 5.74) is -0.505. The lowest BCUT2D eigenvalue weighted by Crippen LogP contribution is -2.31. The summed E-state index contributed by atoms with van der Waals surface area (Å²) in [5.74, 6) is 0.667. The molecule has 0 amide bonds. The van der Waals surface area contributed by atoms with E-state index in [2.05, 4.69) is 13.8 Å². The van der Waals surface area contributed by atoms with Gasteiger partial charge >= 0.3 is 0 Å². The highest BCUT2D eigenvalue weighted by Crippen LogP contribution is 2.34. The summed E-state index contributed by atoms with van der Waals surface area (Å²) in [6.45, 7) is 5.58. The van der Waals surface area contributed by atoms with Crippen molar-refractivity contribution < 1.29 is 9.84 Å². The van der Waals surface area contributed by atoms with Gasteiger partial charge in [0.1, 0.15) is 0 Å². The van der Waals surface area contributed by atoms with Crippen LogP contribution in [-0.2, 0) is 4.74 Å². The van der Waals surface area contributed by atoms with E-state index in [0.717, 1.165) is 32.3 Å². The van der Waals surface area contributed by atoms with Crippen LogP contribution in [0.4, 0.5) is 0 Å². The largest absolute Gasteiger partial charge is 0.387 e. The van der Waals surface area contributed by atoms with E-state index in [1.54, 1.807) is 0 Å². The van der Waals surface area contributed by atoms with Gasteiger partial charge in [-0.05, 0) is 31.6 Å². The average molecular weight is 172 g/mol. The van der Waals surface area contributed by atoms with Gasteiger partial charge in [-0.15, -0.1) is 0 Å². The molecule has 2 atom stereocenters. The molecule has 0 bridgehead atoms. The Balaban J connectivity index is 2.21. The third kappa shape index (κ3) is 2.76. The summed E-state index contributed by atoms with van der Waals surface area (Å²) >= 11 is 0. The molecule has 2 heteroatoms. The van der Waals surface area contributed by atoms with Gasteiger partial charge in [0.05, 0.1) is 12.2 Å². The van der Waals surface area contributed by atoms with Crippen molar-refractivity contribution in [3.8, 4) is 0 Å². The van der Waals surface area contributed by atoms with Gasteiger partial charge in [0.25, 0.3) is 0 Å². The molecule has 12 heavy (non-hydrogen) atoms. The predicted molar refractivity (Wildman–Crippen MR) is 49.1 cm³/mol. The molecule has 0 aromatic rings. The Morgan fingerprint density at radius 1 is 1.58 bits per heavy atom. The van der Waals surface area contributed by atoms with Gasteiger partial charge in [-0.1, -0.05) is 13.8 Å². The molecule has 0 radical (unpaired) electrons. The van der Waals surface area contributed by atoms with Gasteiger partial charge in [-0.2, -0.15) is 0 Å². The first-order valence-electron chi connectivity index (χ1n) is 4.96. The molecular formula is C10H20O2. The highest BCUT2D eigenvalue weighted by Gasteiger charge is 2.35. The van der Waals surface area contributed by atoms with Crippen LogP contribution >= 0.6 is 0 Å². The summed E-state index contributed by atoms with van der Waals surface area (Å²) in [5, 5.41) is 9.96. The molecule has 0 heterocycles. The SMILES string of the molecule is CCCOCC1(O)CCC(C)C1. The Morgan fingerprint density at radius 2 is 2.33 bits per heavy atom. The standard InChI is InChI=1S/C10H20O2/c1-3-6-12-8-10(11)5-4-9(2)7-10/h9,11H,3-8H2,1-2H3. The van der Waals surface area contributed by atoms with Crippen LogP contribution in [0.1, 0.15) is 39.5 Å². The van der Waals surface area contributed by atoms with Crippen molar-refractivity contribution in [1.82, 2.24) is 0 Å². The van der Waals surface area contributed by atoms with Gasteiger partial charge < -0.3 is 9.84 Å². The summed E-state index contributed by atoms with van der Waals surface area (Å²) in [6.07, 6.45) is 4.01. The molecule has 72 valence electrons. The van der Waals surface area contributed by atoms with Crippen LogP contribution in [0.25, 0.3) is 0 Å². The van der Waals surface area contributed by atoms with Crippen LogP contribution in [0, 0.1) is 5.92 Å². The number of aliphatic hydroxyl groups is 1. The van der Waals surface area contributed by atoms with Gasteiger partial charge in [0.15, 0.2) is 0 Å². The zero-order valence-corrected chi connectivity index (χ0v) is 8.18. The van der Waals surface area contributed by atoms with Crippen LogP contribution in [0.15, 0.2) is 0 Å². The van der Waals surface area contributed by atoms with Crippen LogP contribution in [0.5, 0.6) is 0 Å². The molecule has 1 aliphatic rings. The zero-order valence-electron chi connectivity index (χ0n) is 8.18. The second kappa shape index (κ2) is 4.24. The topological polar surface area (TPSA) is 29.5 Å². The van der Waals surface area contributed by atoms with Gasteiger partial charge in [-0.25, -0.2) is 0 Å². The molecule has 0 saturated heterocycles. The minimum absolute atomic E-state index is 0.505. The molecular weight excluding hydrogens is 152 g/mol. The Bertz CT molecular complexity index is 136. The Hall–Kier alpha value is -0.0800. The second-order valence-electron chi connectivity index (χ2n) is 4.12. The smallest absolute Gasteiger partial charge is 0.0882 e. The molecule has 1 saturated carbocycles. The summed E-state index contributed by atoms with van der Waals surface area (Å²) in [4.78, 5) is 0. The third-order valence-electron chi connectivity index (χ3n) is 2.55. The number of hydrogen-bond acceptors (Lipinski definition) is 2. The van der Waals surface area contributed by atoms with E-state index in [4.69, 9.17) is 4.74 Å². The van der Waals surface area contributed by atoms with Crippen molar-refractivity contribution >= 4 is 0 Å². The third-order valence-corrected chi connectivity index (χ3v) is 2.55. The number of rotatable bonds is 4. The Labute approximate surface area is 74.9 Å². The first-order chi connectivity index (χ1) is 5.66. The molecule has 0 aromatic heterocycles. The monoisotopic (exact) mass is 172 g/mol. The first kappa shape index (κ1) is 10.0. The molecule has 1 N–H and O–H groups in total. The fourth-order valence-corrected chi connectivity index (χ4v) is 1.91. The fourth-order valence-electron chi connectivity index (χ4n) is 1.91.